The molecular formula is C14H15ClFNO4. The van der Waals surface area contributed by atoms with Gasteiger partial charge in [0.05, 0.1) is 22.8 Å². The highest BCUT2D eigenvalue weighted by atomic mass is 35.5. The molecule has 2 rings (SSSR count). The molecule has 1 heterocycles. The Bertz CT molecular complexity index is 572. The molecule has 0 fully saturated rings. The summed E-state index contributed by atoms with van der Waals surface area (Å²) in [5, 5.41) is -0.192. The number of benzene rings is 1. The fourth-order valence-electron chi connectivity index (χ4n) is 2.14. The van der Waals surface area contributed by atoms with Crippen molar-refractivity contribution in [2.45, 2.75) is 20.1 Å². The van der Waals surface area contributed by atoms with Crippen molar-refractivity contribution >= 4 is 29.0 Å². The molecular weight excluding hydrogens is 301 g/mol. The molecule has 1 amide bonds. The largest absolute Gasteiger partial charge is 0.351 e. The maximum absolute atomic E-state index is 13.6. The molecule has 0 spiro atoms. The number of Topliss-reactive ketones (excluding diaryl/α,β-unsaturated/α-hetero) is 1. The standard InChI is InChI=1S/C14H15ClFNO4/c1-3-20-12(21-4-2)7-17-11-6-10(16)9(15)5-8(11)13(18)14(17)19/h5-6,12H,3-4,7H2,1-2H3. The van der Waals surface area contributed by atoms with Crippen LogP contribution in [-0.2, 0) is 14.3 Å². The highest BCUT2D eigenvalue weighted by Crippen LogP contribution is 2.33. The van der Waals surface area contributed by atoms with Gasteiger partial charge in [-0.3, -0.25) is 14.5 Å². The summed E-state index contributed by atoms with van der Waals surface area (Å²) in [4.78, 5) is 25.1. The molecule has 5 nitrogen and oxygen atoms in total. The van der Waals surface area contributed by atoms with Gasteiger partial charge in [0.1, 0.15) is 5.82 Å². The van der Waals surface area contributed by atoms with Crippen molar-refractivity contribution in [1.29, 1.82) is 0 Å². The van der Waals surface area contributed by atoms with E-state index < -0.39 is 23.8 Å². The van der Waals surface area contributed by atoms with E-state index in [0.29, 0.717) is 13.2 Å². The van der Waals surface area contributed by atoms with Crippen LogP contribution in [0.1, 0.15) is 24.2 Å². The lowest BCUT2D eigenvalue weighted by atomic mass is 10.1. The summed E-state index contributed by atoms with van der Waals surface area (Å²) < 4.78 is 24.3. The van der Waals surface area contributed by atoms with Crippen LogP contribution in [0.15, 0.2) is 12.1 Å². The van der Waals surface area contributed by atoms with E-state index in [2.05, 4.69) is 0 Å². The van der Waals surface area contributed by atoms with Crippen molar-refractivity contribution in [2.24, 2.45) is 0 Å². The molecule has 0 radical (unpaired) electrons. The number of fused-ring (bicyclic) bond motifs is 1. The Morgan fingerprint density at radius 2 is 1.86 bits per heavy atom. The Morgan fingerprint density at radius 3 is 2.43 bits per heavy atom. The van der Waals surface area contributed by atoms with Gasteiger partial charge < -0.3 is 9.47 Å². The first-order valence-corrected chi connectivity index (χ1v) is 6.95. The third-order valence-electron chi connectivity index (χ3n) is 3.05. The van der Waals surface area contributed by atoms with E-state index in [0.717, 1.165) is 11.0 Å². The number of carbonyl (C=O) groups excluding carboxylic acids is 2. The van der Waals surface area contributed by atoms with Crippen molar-refractivity contribution in [3.8, 4) is 0 Å². The molecule has 0 saturated heterocycles. The average Bonchev–Trinajstić information content (AvgIpc) is 2.66. The number of rotatable bonds is 6. The zero-order valence-electron chi connectivity index (χ0n) is 11.7. The van der Waals surface area contributed by atoms with Crippen molar-refractivity contribution in [2.75, 3.05) is 24.7 Å². The van der Waals surface area contributed by atoms with E-state index in [1.807, 2.05) is 0 Å². The third-order valence-corrected chi connectivity index (χ3v) is 3.34. The first kappa shape index (κ1) is 15.9. The Hall–Kier alpha value is -1.50. The van der Waals surface area contributed by atoms with E-state index in [1.165, 1.54) is 6.07 Å². The van der Waals surface area contributed by atoms with Gasteiger partial charge in [-0.2, -0.15) is 0 Å². The Kier molecular flexibility index (Phi) is 4.92. The molecule has 0 saturated carbocycles. The van der Waals surface area contributed by atoms with E-state index in [9.17, 15) is 14.0 Å². The lowest BCUT2D eigenvalue weighted by molar-refractivity contribution is -0.134. The number of carbonyl (C=O) groups is 2. The van der Waals surface area contributed by atoms with Crippen molar-refractivity contribution < 1.29 is 23.5 Å². The molecule has 0 aliphatic carbocycles. The van der Waals surface area contributed by atoms with Gasteiger partial charge in [-0.15, -0.1) is 0 Å². The summed E-state index contributed by atoms with van der Waals surface area (Å²) in [5.41, 5.74) is 0.287. The van der Waals surface area contributed by atoms with Gasteiger partial charge in [0, 0.05) is 13.2 Å². The third kappa shape index (κ3) is 3.07. The summed E-state index contributed by atoms with van der Waals surface area (Å²) in [6.45, 7) is 4.37. The smallest absolute Gasteiger partial charge is 0.299 e. The number of ketones is 1. The number of nitrogens with zero attached hydrogens (tertiary/aromatic N) is 1. The minimum absolute atomic E-state index is 0.0142. The zero-order chi connectivity index (χ0) is 15.6. The predicted octanol–water partition coefficient (Wildman–Crippen LogP) is 2.41. The molecule has 21 heavy (non-hydrogen) atoms. The fourth-order valence-corrected chi connectivity index (χ4v) is 2.31. The molecule has 0 bridgehead atoms. The number of hydrogen-bond donors (Lipinski definition) is 0. The van der Waals surface area contributed by atoms with Crippen molar-refractivity contribution in [3.63, 3.8) is 0 Å². The highest BCUT2D eigenvalue weighted by Gasteiger charge is 2.38. The second-order valence-corrected chi connectivity index (χ2v) is 4.78. The Labute approximate surface area is 126 Å². The molecule has 0 atom stereocenters. The minimum atomic E-state index is -0.740. The quantitative estimate of drug-likeness (QED) is 0.597. The summed E-state index contributed by atoms with van der Waals surface area (Å²) >= 11 is 5.65. The SMILES string of the molecule is CCOC(CN1C(=O)C(=O)c2cc(Cl)c(F)cc21)OCC. The van der Waals surface area contributed by atoms with Gasteiger partial charge in [0.2, 0.25) is 0 Å². The van der Waals surface area contributed by atoms with Crippen molar-refractivity contribution in [3.05, 3.63) is 28.5 Å². The van der Waals surface area contributed by atoms with Crippen LogP contribution in [0.4, 0.5) is 10.1 Å². The van der Waals surface area contributed by atoms with Crippen LogP contribution >= 0.6 is 11.6 Å². The van der Waals surface area contributed by atoms with Crippen LogP contribution in [0.25, 0.3) is 0 Å². The second-order valence-electron chi connectivity index (χ2n) is 4.37. The zero-order valence-corrected chi connectivity index (χ0v) is 12.4. The number of anilines is 1. The molecule has 0 aromatic heterocycles. The summed E-state index contributed by atoms with van der Waals surface area (Å²) in [6.07, 6.45) is -0.679. The Morgan fingerprint density at radius 1 is 1.24 bits per heavy atom. The first-order chi connectivity index (χ1) is 9.99. The number of hydrogen-bond acceptors (Lipinski definition) is 4. The van der Waals surface area contributed by atoms with Gasteiger partial charge in [-0.25, -0.2) is 4.39 Å². The molecule has 7 heteroatoms. The lowest BCUT2D eigenvalue weighted by Crippen LogP contribution is -2.39. The van der Waals surface area contributed by atoms with Gasteiger partial charge >= 0.3 is 0 Å². The first-order valence-electron chi connectivity index (χ1n) is 6.58. The predicted molar refractivity (Wildman–Crippen MR) is 75.1 cm³/mol. The Balaban J connectivity index is 2.31. The lowest BCUT2D eigenvalue weighted by Gasteiger charge is -2.23. The summed E-state index contributed by atoms with van der Waals surface area (Å²) in [7, 11) is 0. The van der Waals surface area contributed by atoms with Gasteiger partial charge in [-0.1, -0.05) is 11.6 Å². The molecule has 0 unspecified atom stereocenters. The molecule has 1 aliphatic rings. The van der Waals surface area contributed by atoms with Crippen LogP contribution < -0.4 is 4.90 Å². The van der Waals surface area contributed by atoms with Gasteiger partial charge in [-0.05, 0) is 26.0 Å². The summed E-state index contributed by atoms with van der Waals surface area (Å²) in [6, 6.07) is 2.25. The maximum Gasteiger partial charge on any atom is 0.299 e. The summed E-state index contributed by atoms with van der Waals surface area (Å²) in [5.74, 6) is -2.14. The number of ether oxygens (including phenoxy) is 2. The molecule has 0 N–H and O–H groups in total. The molecule has 114 valence electrons. The normalized spacial score (nSPS) is 14.2. The van der Waals surface area contributed by atoms with E-state index >= 15 is 0 Å². The minimum Gasteiger partial charge on any atom is -0.351 e. The van der Waals surface area contributed by atoms with E-state index in [-0.39, 0.29) is 22.8 Å². The number of halogens is 2. The van der Waals surface area contributed by atoms with Gasteiger partial charge in [0.15, 0.2) is 6.29 Å². The van der Waals surface area contributed by atoms with Gasteiger partial charge in [0.25, 0.3) is 11.7 Å². The van der Waals surface area contributed by atoms with Crippen LogP contribution in [0, 0.1) is 5.82 Å². The average molecular weight is 316 g/mol. The fraction of sp³-hybridized carbons (Fsp3) is 0.429. The monoisotopic (exact) mass is 315 g/mol. The molecule has 1 aromatic carbocycles. The maximum atomic E-state index is 13.6. The van der Waals surface area contributed by atoms with Crippen LogP contribution in [0.2, 0.25) is 5.02 Å². The van der Waals surface area contributed by atoms with Crippen LogP contribution in [-0.4, -0.2) is 37.7 Å². The second kappa shape index (κ2) is 6.51. The molecule has 1 aromatic rings. The topological polar surface area (TPSA) is 55.8 Å². The van der Waals surface area contributed by atoms with Crippen LogP contribution in [0.5, 0.6) is 0 Å². The van der Waals surface area contributed by atoms with E-state index in [4.69, 9.17) is 21.1 Å². The van der Waals surface area contributed by atoms with Crippen LogP contribution in [0.3, 0.4) is 0 Å². The highest BCUT2D eigenvalue weighted by molar-refractivity contribution is 6.52. The van der Waals surface area contributed by atoms with Crippen molar-refractivity contribution in [1.82, 2.24) is 0 Å². The molecule has 1 aliphatic heterocycles. The number of amides is 1. The van der Waals surface area contributed by atoms with E-state index in [1.54, 1.807) is 13.8 Å².